The number of carbonyl (C=O) groups is 2. The molecule has 0 saturated heterocycles. The van der Waals surface area contributed by atoms with Crippen LogP contribution in [0.2, 0.25) is 0 Å². The second kappa shape index (κ2) is 6.40. The first kappa shape index (κ1) is 15.4. The molecule has 3 aromatic rings. The monoisotopic (exact) mass is 330 g/mol. The summed E-state index contributed by atoms with van der Waals surface area (Å²) < 4.78 is 0. The van der Waals surface area contributed by atoms with E-state index in [0.29, 0.717) is 30.6 Å². The second-order valence-electron chi connectivity index (χ2n) is 6.11. The molecule has 124 valence electrons. The lowest BCUT2D eigenvalue weighted by molar-refractivity contribution is 0.0654. The van der Waals surface area contributed by atoms with E-state index in [2.05, 4.69) is 23.5 Å². The number of hydrogen-bond donors (Lipinski definition) is 1. The van der Waals surface area contributed by atoms with Crippen LogP contribution < -0.4 is 5.32 Å². The highest BCUT2D eigenvalue weighted by Crippen LogP contribution is 2.24. The van der Waals surface area contributed by atoms with Gasteiger partial charge in [0.1, 0.15) is 0 Å². The SMILES string of the molecule is O=C1c2ccccc2C(=O)N1CCCNc1cccc2ccccc12. The average Bonchev–Trinajstić information content (AvgIpc) is 2.90. The number of rotatable bonds is 5. The summed E-state index contributed by atoms with van der Waals surface area (Å²) >= 11 is 0. The molecule has 0 radical (unpaired) electrons. The number of fused-ring (bicyclic) bond motifs is 2. The van der Waals surface area contributed by atoms with Crippen molar-refractivity contribution in [2.45, 2.75) is 6.42 Å². The maximum Gasteiger partial charge on any atom is 0.261 e. The van der Waals surface area contributed by atoms with Crippen LogP contribution in [0.3, 0.4) is 0 Å². The Hall–Kier alpha value is -3.14. The van der Waals surface area contributed by atoms with Crippen LogP contribution >= 0.6 is 0 Å². The van der Waals surface area contributed by atoms with Gasteiger partial charge < -0.3 is 5.32 Å². The summed E-state index contributed by atoms with van der Waals surface area (Å²) in [6.45, 7) is 1.12. The molecule has 0 aliphatic carbocycles. The molecule has 4 nitrogen and oxygen atoms in total. The molecule has 2 amide bonds. The van der Waals surface area contributed by atoms with Gasteiger partial charge in [-0.05, 0) is 30.0 Å². The smallest absolute Gasteiger partial charge is 0.261 e. The molecule has 0 unspecified atom stereocenters. The Kier molecular flexibility index (Phi) is 3.94. The maximum atomic E-state index is 12.3. The summed E-state index contributed by atoms with van der Waals surface area (Å²) in [6, 6.07) is 21.4. The summed E-state index contributed by atoms with van der Waals surface area (Å²) in [5, 5.41) is 5.77. The molecule has 1 aliphatic rings. The van der Waals surface area contributed by atoms with Gasteiger partial charge in [-0.2, -0.15) is 0 Å². The van der Waals surface area contributed by atoms with E-state index in [1.165, 1.54) is 15.7 Å². The first-order valence-corrected chi connectivity index (χ1v) is 8.42. The van der Waals surface area contributed by atoms with E-state index in [1.54, 1.807) is 24.3 Å². The fourth-order valence-corrected chi connectivity index (χ4v) is 3.28. The predicted octanol–water partition coefficient (Wildman–Crippen LogP) is 3.94. The Bertz CT molecular complexity index is 925. The van der Waals surface area contributed by atoms with Crippen LogP contribution in [0.25, 0.3) is 10.8 Å². The highest BCUT2D eigenvalue weighted by molar-refractivity contribution is 6.21. The van der Waals surface area contributed by atoms with Gasteiger partial charge in [-0.25, -0.2) is 0 Å². The Morgan fingerprint density at radius 1 is 0.760 bits per heavy atom. The standard InChI is InChI=1S/C21H18N2O2/c24-20-17-10-3-4-11-18(17)21(25)23(20)14-6-13-22-19-12-5-8-15-7-1-2-9-16(15)19/h1-5,7-12,22H,6,13-14H2. The van der Waals surface area contributed by atoms with Crippen LogP contribution in [0.1, 0.15) is 27.1 Å². The molecule has 0 fully saturated rings. The number of imide groups is 1. The summed E-state index contributed by atoms with van der Waals surface area (Å²) in [5.74, 6) is -0.378. The molecule has 4 heteroatoms. The highest BCUT2D eigenvalue weighted by Gasteiger charge is 2.34. The summed E-state index contributed by atoms with van der Waals surface area (Å²) in [6.07, 6.45) is 0.703. The fourth-order valence-electron chi connectivity index (χ4n) is 3.28. The molecule has 1 aliphatic heterocycles. The van der Waals surface area contributed by atoms with Gasteiger partial charge in [-0.1, -0.05) is 48.5 Å². The molecule has 0 spiro atoms. The van der Waals surface area contributed by atoms with Gasteiger partial charge in [0, 0.05) is 24.2 Å². The zero-order valence-electron chi connectivity index (χ0n) is 13.7. The molecule has 25 heavy (non-hydrogen) atoms. The quantitative estimate of drug-likeness (QED) is 0.569. The summed E-state index contributed by atoms with van der Waals surface area (Å²) in [5.41, 5.74) is 2.09. The normalized spacial score (nSPS) is 13.4. The number of nitrogens with zero attached hydrogens (tertiary/aromatic N) is 1. The van der Waals surface area contributed by atoms with Crippen molar-refractivity contribution in [3.8, 4) is 0 Å². The van der Waals surface area contributed by atoms with E-state index in [4.69, 9.17) is 0 Å². The van der Waals surface area contributed by atoms with Crippen LogP contribution in [-0.2, 0) is 0 Å². The van der Waals surface area contributed by atoms with Gasteiger partial charge in [0.05, 0.1) is 11.1 Å². The van der Waals surface area contributed by atoms with Gasteiger partial charge in [0.25, 0.3) is 11.8 Å². The largest absolute Gasteiger partial charge is 0.384 e. The number of benzene rings is 3. The summed E-state index contributed by atoms with van der Waals surface area (Å²) in [7, 11) is 0. The minimum Gasteiger partial charge on any atom is -0.384 e. The first-order valence-electron chi connectivity index (χ1n) is 8.42. The molecule has 0 aromatic heterocycles. The van der Waals surface area contributed by atoms with Crippen LogP contribution in [0, 0.1) is 0 Å². The number of carbonyl (C=O) groups excluding carboxylic acids is 2. The summed E-state index contributed by atoms with van der Waals surface area (Å²) in [4.78, 5) is 26.0. The Balaban J connectivity index is 1.39. The lowest BCUT2D eigenvalue weighted by atomic mass is 10.1. The van der Waals surface area contributed by atoms with Crippen LogP contribution in [0.5, 0.6) is 0 Å². The molecule has 4 rings (SSSR count). The molecular formula is C21H18N2O2. The molecule has 3 aromatic carbocycles. The number of anilines is 1. The molecule has 1 N–H and O–H groups in total. The van der Waals surface area contributed by atoms with Crippen molar-refractivity contribution in [3.63, 3.8) is 0 Å². The third-order valence-electron chi connectivity index (χ3n) is 4.54. The van der Waals surface area contributed by atoms with Crippen molar-refractivity contribution >= 4 is 28.3 Å². The van der Waals surface area contributed by atoms with Crippen LogP contribution in [-0.4, -0.2) is 29.8 Å². The van der Waals surface area contributed by atoms with E-state index < -0.39 is 0 Å². The Morgan fingerprint density at radius 2 is 1.40 bits per heavy atom. The van der Waals surface area contributed by atoms with Crippen molar-refractivity contribution < 1.29 is 9.59 Å². The third kappa shape index (κ3) is 2.76. The number of amides is 2. The van der Waals surface area contributed by atoms with Crippen LogP contribution in [0.4, 0.5) is 5.69 Å². The van der Waals surface area contributed by atoms with Gasteiger partial charge in [-0.3, -0.25) is 14.5 Å². The van der Waals surface area contributed by atoms with Crippen LogP contribution in [0.15, 0.2) is 66.7 Å². The number of nitrogens with one attached hydrogen (secondary N) is 1. The predicted molar refractivity (Wildman–Crippen MR) is 98.9 cm³/mol. The van der Waals surface area contributed by atoms with E-state index in [1.807, 2.05) is 24.3 Å². The maximum absolute atomic E-state index is 12.3. The molecule has 0 atom stereocenters. The van der Waals surface area contributed by atoms with Crippen molar-refractivity contribution in [1.29, 1.82) is 0 Å². The van der Waals surface area contributed by atoms with Gasteiger partial charge in [-0.15, -0.1) is 0 Å². The van der Waals surface area contributed by atoms with Gasteiger partial charge >= 0.3 is 0 Å². The average molecular weight is 330 g/mol. The topological polar surface area (TPSA) is 49.4 Å². The van der Waals surface area contributed by atoms with Gasteiger partial charge in [0.2, 0.25) is 0 Å². The lowest BCUT2D eigenvalue weighted by Gasteiger charge is -2.15. The van der Waals surface area contributed by atoms with Crippen molar-refractivity contribution in [2.24, 2.45) is 0 Å². The van der Waals surface area contributed by atoms with Crippen molar-refractivity contribution in [3.05, 3.63) is 77.9 Å². The lowest BCUT2D eigenvalue weighted by Crippen LogP contribution is -2.31. The fraction of sp³-hybridized carbons (Fsp3) is 0.143. The Morgan fingerprint density at radius 3 is 2.16 bits per heavy atom. The molecular weight excluding hydrogens is 312 g/mol. The van der Waals surface area contributed by atoms with E-state index in [0.717, 1.165) is 5.69 Å². The van der Waals surface area contributed by atoms with Crippen molar-refractivity contribution in [2.75, 3.05) is 18.4 Å². The van der Waals surface area contributed by atoms with Crippen molar-refractivity contribution in [1.82, 2.24) is 4.90 Å². The zero-order chi connectivity index (χ0) is 17.2. The molecule has 0 bridgehead atoms. The number of hydrogen-bond acceptors (Lipinski definition) is 3. The molecule has 1 heterocycles. The second-order valence-corrected chi connectivity index (χ2v) is 6.11. The minimum absolute atomic E-state index is 0.189. The first-order chi connectivity index (χ1) is 12.3. The zero-order valence-corrected chi connectivity index (χ0v) is 13.7. The highest BCUT2D eigenvalue weighted by atomic mass is 16.2. The van der Waals surface area contributed by atoms with E-state index in [9.17, 15) is 9.59 Å². The third-order valence-corrected chi connectivity index (χ3v) is 4.54. The van der Waals surface area contributed by atoms with E-state index in [-0.39, 0.29) is 11.8 Å². The Labute approximate surface area is 146 Å². The molecule has 0 saturated carbocycles. The minimum atomic E-state index is -0.189. The van der Waals surface area contributed by atoms with Gasteiger partial charge in [0.15, 0.2) is 0 Å². The van der Waals surface area contributed by atoms with E-state index >= 15 is 0 Å².